The molecule has 1 aromatic rings. The van der Waals surface area contributed by atoms with Crippen LogP contribution in [0.1, 0.15) is 19.8 Å². The van der Waals surface area contributed by atoms with Crippen LogP contribution in [0.4, 0.5) is 0 Å². The van der Waals surface area contributed by atoms with Gasteiger partial charge in [-0.3, -0.25) is 0 Å². The lowest BCUT2D eigenvalue weighted by molar-refractivity contribution is 0.105. The fourth-order valence-electron chi connectivity index (χ4n) is 1.67. The van der Waals surface area contributed by atoms with Gasteiger partial charge in [-0.25, -0.2) is 0 Å². The number of nitrogens with one attached hydrogen (secondary N) is 1. The van der Waals surface area contributed by atoms with E-state index < -0.39 is 6.10 Å². The molecule has 3 nitrogen and oxygen atoms in total. The minimum Gasteiger partial charge on any atom is -0.488 e. The topological polar surface area (TPSA) is 41.5 Å². The lowest BCUT2D eigenvalue weighted by Crippen LogP contribution is -2.37. The van der Waals surface area contributed by atoms with E-state index in [9.17, 15) is 5.11 Å². The summed E-state index contributed by atoms with van der Waals surface area (Å²) in [5.74, 6) is 3.03. The summed E-state index contributed by atoms with van der Waals surface area (Å²) in [7, 11) is 0. The van der Waals surface area contributed by atoms with E-state index in [2.05, 4.69) is 18.2 Å². The molecule has 0 heterocycles. The number of ether oxygens (including phenoxy) is 1. The molecule has 0 aromatic heterocycles. The smallest absolute Gasteiger partial charge is 0.156 e. The largest absolute Gasteiger partial charge is 0.488 e. The highest BCUT2D eigenvalue weighted by molar-refractivity contribution is 6.37. The highest BCUT2D eigenvalue weighted by atomic mass is 35.5. The zero-order chi connectivity index (χ0) is 15.0. The molecule has 110 valence electrons. The van der Waals surface area contributed by atoms with Gasteiger partial charge in [-0.2, -0.15) is 0 Å². The maximum absolute atomic E-state index is 9.86. The maximum Gasteiger partial charge on any atom is 0.156 e. The fourth-order valence-corrected chi connectivity index (χ4v) is 2.18. The number of hydrogen-bond donors (Lipinski definition) is 2. The number of aliphatic hydroxyl groups is 1. The van der Waals surface area contributed by atoms with E-state index in [-0.39, 0.29) is 12.6 Å². The van der Waals surface area contributed by atoms with Crippen molar-refractivity contribution in [2.75, 3.05) is 13.2 Å². The van der Waals surface area contributed by atoms with Crippen molar-refractivity contribution >= 4 is 23.2 Å². The van der Waals surface area contributed by atoms with Crippen LogP contribution in [0, 0.1) is 12.3 Å². The Bertz CT molecular complexity index is 439. The number of rotatable bonds is 8. The van der Waals surface area contributed by atoms with Crippen molar-refractivity contribution in [3.63, 3.8) is 0 Å². The van der Waals surface area contributed by atoms with Crippen LogP contribution in [0.2, 0.25) is 10.0 Å². The molecule has 2 atom stereocenters. The highest BCUT2D eigenvalue weighted by Gasteiger charge is 2.12. The van der Waals surface area contributed by atoms with Crippen molar-refractivity contribution in [3.05, 3.63) is 28.2 Å². The second kappa shape index (κ2) is 9.10. The molecule has 0 radical (unpaired) electrons. The average Bonchev–Trinajstić information content (AvgIpc) is 2.42. The molecular weight excluding hydrogens is 297 g/mol. The number of para-hydroxylation sites is 1. The monoisotopic (exact) mass is 315 g/mol. The van der Waals surface area contributed by atoms with Gasteiger partial charge in [0.15, 0.2) is 5.75 Å². The molecule has 0 bridgehead atoms. The molecule has 0 fully saturated rings. The first-order chi connectivity index (χ1) is 9.58. The molecule has 0 amide bonds. The van der Waals surface area contributed by atoms with E-state index in [1.165, 1.54) is 0 Å². The Kier molecular flexibility index (Phi) is 7.79. The van der Waals surface area contributed by atoms with Gasteiger partial charge < -0.3 is 15.2 Å². The second-order valence-corrected chi connectivity index (χ2v) is 5.25. The van der Waals surface area contributed by atoms with E-state index in [1.54, 1.807) is 18.2 Å². The van der Waals surface area contributed by atoms with Gasteiger partial charge in [-0.05, 0) is 18.6 Å². The molecular formula is C15H19Cl2NO2. The second-order valence-electron chi connectivity index (χ2n) is 4.43. The summed E-state index contributed by atoms with van der Waals surface area (Å²) < 4.78 is 5.45. The Morgan fingerprint density at radius 2 is 2.05 bits per heavy atom. The first-order valence-electron chi connectivity index (χ1n) is 6.52. The van der Waals surface area contributed by atoms with Gasteiger partial charge in [0.25, 0.3) is 0 Å². The van der Waals surface area contributed by atoms with Gasteiger partial charge in [0.1, 0.15) is 12.7 Å². The third-order valence-electron chi connectivity index (χ3n) is 2.72. The quantitative estimate of drug-likeness (QED) is 0.724. The van der Waals surface area contributed by atoms with Gasteiger partial charge >= 0.3 is 0 Å². The first kappa shape index (κ1) is 17.1. The van der Waals surface area contributed by atoms with Crippen LogP contribution in [-0.4, -0.2) is 30.4 Å². The molecule has 0 saturated heterocycles. The van der Waals surface area contributed by atoms with Crippen LogP contribution in [0.5, 0.6) is 5.75 Å². The van der Waals surface area contributed by atoms with Crippen LogP contribution >= 0.6 is 23.2 Å². The van der Waals surface area contributed by atoms with E-state index in [0.29, 0.717) is 22.3 Å². The summed E-state index contributed by atoms with van der Waals surface area (Å²) in [4.78, 5) is 0. The predicted octanol–water partition coefficient (Wildman–Crippen LogP) is 3.12. The molecule has 5 heteroatoms. The third kappa shape index (κ3) is 5.60. The molecule has 1 rings (SSSR count). The summed E-state index contributed by atoms with van der Waals surface area (Å²) in [5.41, 5.74) is 0. The van der Waals surface area contributed by atoms with Crippen molar-refractivity contribution in [1.82, 2.24) is 5.32 Å². The molecule has 1 aromatic carbocycles. The lowest BCUT2D eigenvalue weighted by atomic mass is 10.2. The molecule has 2 N–H and O–H groups in total. The van der Waals surface area contributed by atoms with Crippen molar-refractivity contribution in [2.24, 2.45) is 0 Å². The van der Waals surface area contributed by atoms with Crippen LogP contribution in [0.3, 0.4) is 0 Å². The Morgan fingerprint density at radius 1 is 1.40 bits per heavy atom. The Hall–Kier alpha value is -0.920. The summed E-state index contributed by atoms with van der Waals surface area (Å²) in [6.45, 7) is 2.52. The van der Waals surface area contributed by atoms with Crippen molar-refractivity contribution in [1.29, 1.82) is 0 Å². The van der Waals surface area contributed by atoms with Gasteiger partial charge in [-0.1, -0.05) is 48.5 Å². The summed E-state index contributed by atoms with van der Waals surface area (Å²) >= 11 is 11.9. The number of terminal acetylenes is 1. The molecule has 0 spiro atoms. The lowest BCUT2D eigenvalue weighted by Gasteiger charge is -2.17. The standard InChI is InChI=1S/C15H19Cl2NO2/c1-3-6-11(4-2)18-9-12(19)10-20-15-13(16)7-5-8-14(15)17/h2,5,7-8,11-12,18-19H,3,6,9-10H2,1H3. The number of benzene rings is 1. The molecule has 0 saturated carbocycles. The Balaban J connectivity index is 2.40. The first-order valence-corrected chi connectivity index (χ1v) is 7.28. The normalized spacial score (nSPS) is 13.6. The minimum atomic E-state index is -0.685. The van der Waals surface area contributed by atoms with Crippen LogP contribution in [-0.2, 0) is 0 Å². The predicted molar refractivity (Wildman–Crippen MR) is 83.5 cm³/mol. The summed E-state index contributed by atoms with van der Waals surface area (Å²) in [6.07, 6.45) is 6.57. The van der Waals surface area contributed by atoms with E-state index in [4.69, 9.17) is 34.4 Å². The summed E-state index contributed by atoms with van der Waals surface area (Å²) in [6, 6.07) is 5.07. The number of aliphatic hydroxyl groups excluding tert-OH is 1. The van der Waals surface area contributed by atoms with Crippen molar-refractivity contribution < 1.29 is 9.84 Å². The van der Waals surface area contributed by atoms with Crippen LogP contribution in [0.25, 0.3) is 0 Å². The minimum absolute atomic E-state index is 0.0291. The SMILES string of the molecule is C#CC(CCC)NCC(O)COc1c(Cl)cccc1Cl. The third-order valence-corrected chi connectivity index (χ3v) is 3.31. The average molecular weight is 316 g/mol. The van der Waals surface area contributed by atoms with Crippen LogP contribution < -0.4 is 10.1 Å². The summed E-state index contributed by atoms with van der Waals surface area (Å²) in [5, 5.41) is 13.8. The molecule has 2 unspecified atom stereocenters. The van der Waals surface area contributed by atoms with E-state index >= 15 is 0 Å². The molecule has 0 aliphatic rings. The zero-order valence-corrected chi connectivity index (χ0v) is 12.9. The van der Waals surface area contributed by atoms with Gasteiger partial charge in [0, 0.05) is 6.54 Å². The van der Waals surface area contributed by atoms with E-state index in [0.717, 1.165) is 12.8 Å². The zero-order valence-electron chi connectivity index (χ0n) is 11.4. The Labute approximate surface area is 130 Å². The number of hydrogen-bond acceptors (Lipinski definition) is 3. The molecule has 20 heavy (non-hydrogen) atoms. The van der Waals surface area contributed by atoms with Gasteiger partial charge in [0.2, 0.25) is 0 Å². The number of halogens is 2. The van der Waals surface area contributed by atoms with Crippen molar-refractivity contribution in [2.45, 2.75) is 31.9 Å². The van der Waals surface area contributed by atoms with Gasteiger partial charge in [-0.15, -0.1) is 6.42 Å². The maximum atomic E-state index is 9.86. The van der Waals surface area contributed by atoms with Gasteiger partial charge in [0.05, 0.1) is 16.1 Å². The van der Waals surface area contributed by atoms with E-state index in [1.807, 2.05) is 0 Å². The molecule has 0 aliphatic carbocycles. The Morgan fingerprint density at radius 3 is 2.60 bits per heavy atom. The highest BCUT2D eigenvalue weighted by Crippen LogP contribution is 2.32. The van der Waals surface area contributed by atoms with Crippen LogP contribution in [0.15, 0.2) is 18.2 Å². The fraction of sp³-hybridized carbons (Fsp3) is 0.467. The van der Waals surface area contributed by atoms with Crippen molar-refractivity contribution in [3.8, 4) is 18.1 Å². The molecule has 0 aliphatic heterocycles.